The lowest BCUT2D eigenvalue weighted by Crippen LogP contribution is -2.37. The van der Waals surface area contributed by atoms with Crippen molar-refractivity contribution in [1.82, 2.24) is 15.0 Å². The smallest absolute Gasteiger partial charge is 0.417 e. The Morgan fingerprint density at radius 2 is 2.00 bits per heavy atom. The van der Waals surface area contributed by atoms with Gasteiger partial charge in [-0.1, -0.05) is 0 Å². The van der Waals surface area contributed by atoms with Crippen LogP contribution < -0.4 is 15.8 Å². The lowest BCUT2D eigenvalue weighted by Gasteiger charge is -2.19. The first-order valence-electron chi connectivity index (χ1n) is 7.16. The standard InChI is InChI=1S/C14H19N3O6S/c1-14(2,3)23-12(18)15-6-7-16-24(20,21)9-4-5-11-10(8-9)17-13(19)22-11/h4-5,8,16H,6-7H2,1-3H3,(H,15,18)(H,17,19). The van der Waals surface area contributed by atoms with Gasteiger partial charge in [0.2, 0.25) is 10.0 Å². The number of sulfonamides is 1. The monoisotopic (exact) mass is 357 g/mol. The maximum atomic E-state index is 12.2. The van der Waals surface area contributed by atoms with E-state index in [0.29, 0.717) is 0 Å². The molecule has 2 aromatic rings. The second-order valence-corrected chi connectivity index (χ2v) is 7.77. The SMILES string of the molecule is CC(C)(C)OC(=O)NCCNS(=O)(=O)c1ccc2oc(=O)[nH]c2c1. The van der Waals surface area contributed by atoms with Gasteiger partial charge in [0.15, 0.2) is 5.58 Å². The van der Waals surface area contributed by atoms with Crippen LogP contribution in [-0.2, 0) is 14.8 Å². The Morgan fingerprint density at radius 3 is 2.67 bits per heavy atom. The average molecular weight is 357 g/mol. The first-order valence-corrected chi connectivity index (χ1v) is 8.64. The van der Waals surface area contributed by atoms with Gasteiger partial charge >= 0.3 is 11.8 Å². The number of hydrogen-bond donors (Lipinski definition) is 3. The van der Waals surface area contributed by atoms with E-state index in [-0.39, 0.29) is 29.1 Å². The second kappa shape index (κ2) is 6.65. The highest BCUT2D eigenvalue weighted by Crippen LogP contribution is 2.16. The molecule has 0 aliphatic carbocycles. The van der Waals surface area contributed by atoms with Gasteiger partial charge in [-0.25, -0.2) is 22.7 Å². The van der Waals surface area contributed by atoms with Crippen molar-refractivity contribution >= 4 is 27.2 Å². The maximum absolute atomic E-state index is 12.2. The van der Waals surface area contributed by atoms with E-state index in [1.807, 2.05) is 0 Å². The zero-order chi connectivity index (χ0) is 18.0. The molecule has 0 saturated heterocycles. The van der Waals surface area contributed by atoms with Crippen LogP contribution in [0.15, 0.2) is 32.3 Å². The van der Waals surface area contributed by atoms with E-state index in [1.165, 1.54) is 18.2 Å². The van der Waals surface area contributed by atoms with Crippen molar-refractivity contribution in [3.63, 3.8) is 0 Å². The van der Waals surface area contributed by atoms with E-state index in [4.69, 9.17) is 9.15 Å². The molecular formula is C14H19N3O6S. The zero-order valence-corrected chi connectivity index (χ0v) is 14.3. The molecule has 0 aliphatic heterocycles. The van der Waals surface area contributed by atoms with Crippen LogP contribution in [0.3, 0.4) is 0 Å². The summed E-state index contributed by atoms with van der Waals surface area (Å²) in [4.78, 5) is 24.9. The number of amides is 1. The van der Waals surface area contributed by atoms with Gasteiger partial charge in [-0.15, -0.1) is 0 Å². The molecule has 0 unspecified atom stereocenters. The molecule has 1 heterocycles. The fourth-order valence-electron chi connectivity index (χ4n) is 1.85. The Labute approximate surface area is 138 Å². The van der Waals surface area contributed by atoms with Crippen LogP contribution in [0.1, 0.15) is 20.8 Å². The van der Waals surface area contributed by atoms with Gasteiger partial charge in [-0.2, -0.15) is 0 Å². The third-order valence-corrected chi connectivity index (χ3v) is 4.24. The number of oxazole rings is 1. The third-order valence-electron chi connectivity index (χ3n) is 2.79. The molecule has 1 amide bonds. The molecule has 0 radical (unpaired) electrons. The number of ether oxygens (including phenoxy) is 1. The Morgan fingerprint density at radius 1 is 1.29 bits per heavy atom. The molecule has 9 nitrogen and oxygen atoms in total. The Hall–Kier alpha value is -2.33. The van der Waals surface area contributed by atoms with E-state index in [1.54, 1.807) is 20.8 Å². The molecule has 132 valence electrons. The fraction of sp³-hybridized carbons (Fsp3) is 0.429. The van der Waals surface area contributed by atoms with Crippen LogP contribution in [-0.4, -0.2) is 38.2 Å². The van der Waals surface area contributed by atoms with Gasteiger partial charge in [-0.3, -0.25) is 4.98 Å². The number of nitrogens with one attached hydrogen (secondary N) is 3. The number of rotatable bonds is 5. The summed E-state index contributed by atoms with van der Waals surface area (Å²) in [7, 11) is -3.78. The minimum absolute atomic E-state index is 0.0124. The number of carbonyl (C=O) groups is 1. The average Bonchev–Trinajstić information content (AvgIpc) is 2.80. The van der Waals surface area contributed by atoms with E-state index in [2.05, 4.69) is 15.0 Å². The summed E-state index contributed by atoms with van der Waals surface area (Å²) < 4.78 is 36.5. The van der Waals surface area contributed by atoms with Crippen LogP contribution >= 0.6 is 0 Å². The maximum Gasteiger partial charge on any atom is 0.417 e. The van der Waals surface area contributed by atoms with Crippen LogP contribution in [0.2, 0.25) is 0 Å². The molecule has 24 heavy (non-hydrogen) atoms. The van der Waals surface area contributed by atoms with Crippen LogP contribution in [0.25, 0.3) is 11.1 Å². The van der Waals surface area contributed by atoms with E-state index >= 15 is 0 Å². The highest BCUT2D eigenvalue weighted by atomic mass is 32.2. The number of carbonyl (C=O) groups excluding carboxylic acids is 1. The van der Waals surface area contributed by atoms with E-state index < -0.39 is 27.5 Å². The van der Waals surface area contributed by atoms with Gasteiger partial charge in [0.05, 0.1) is 10.4 Å². The van der Waals surface area contributed by atoms with Crippen molar-refractivity contribution in [3.05, 3.63) is 28.7 Å². The Bertz CT molecular complexity index is 891. The number of alkyl carbamates (subject to hydrolysis) is 1. The number of benzene rings is 1. The first-order chi connectivity index (χ1) is 11.1. The number of aromatic nitrogens is 1. The molecule has 3 N–H and O–H groups in total. The summed E-state index contributed by atoms with van der Waals surface area (Å²) in [5, 5.41) is 2.45. The molecule has 0 fully saturated rings. The molecule has 1 aromatic heterocycles. The Balaban J connectivity index is 1.93. The summed E-state index contributed by atoms with van der Waals surface area (Å²) in [6.45, 7) is 5.24. The number of hydrogen-bond acceptors (Lipinski definition) is 6. The molecule has 0 aliphatic rings. The summed E-state index contributed by atoms with van der Waals surface area (Å²) >= 11 is 0. The highest BCUT2D eigenvalue weighted by Gasteiger charge is 2.17. The van der Waals surface area contributed by atoms with Crippen molar-refractivity contribution < 1.29 is 22.4 Å². The topological polar surface area (TPSA) is 130 Å². The van der Waals surface area contributed by atoms with E-state index in [0.717, 1.165) is 0 Å². The van der Waals surface area contributed by atoms with Gasteiger partial charge in [0, 0.05) is 13.1 Å². The van der Waals surface area contributed by atoms with Gasteiger partial charge < -0.3 is 14.5 Å². The quantitative estimate of drug-likeness (QED) is 0.682. The zero-order valence-electron chi connectivity index (χ0n) is 13.5. The summed E-state index contributed by atoms with van der Waals surface area (Å²) in [6.07, 6.45) is -0.626. The van der Waals surface area contributed by atoms with E-state index in [9.17, 15) is 18.0 Å². The van der Waals surface area contributed by atoms with Crippen LogP contribution in [0, 0.1) is 0 Å². The van der Waals surface area contributed by atoms with Gasteiger partial charge in [0.1, 0.15) is 5.60 Å². The molecule has 2 rings (SSSR count). The Kier molecular flexibility index (Phi) is 4.99. The second-order valence-electron chi connectivity index (χ2n) is 6.00. The lowest BCUT2D eigenvalue weighted by atomic mass is 10.2. The number of aromatic amines is 1. The van der Waals surface area contributed by atoms with Crippen molar-refractivity contribution in [2.24, 2.45) is 0 Å². The van der Waals surface area contributed by atoms with Gasteiger partial charge in [-0.05, 0) is 39.0 Å². The van der Waals surface area contributed by atoms with Crippen molar-refractivity contribution in [2.75, 3.05) is 13.1 Å². The summed E-state index contributed by atoms with van der Waals surface area (Å²) in [5.41, 5.74) is -0.0687. The highest BCUT2D eigenvalue weighted by molar-refractivity contribution is 7.89. The van der Waals surface area contributed by atoms with Crippen LogP contribution in [0.5, 0.6) is 0 Å². The molecular weight excluding hydrogens is 338 g/mol. The molecule has 10 heteroatoms. The lowest BCUT2D eigenvalue weighted by molar-refractivity contribution is 0.0529. The third kappa shape index (κ3) is 4.83. The van der Waals surface area contributed by atoms with Crippen molar-refractivity contribution in [1.29, 1.82) is 0 Å². The summed E-state index contributed by atoms with van der Waals surface area (Å²) in [5.74, 6) is -0.658. The predicted molar refractivity (Wildman–Crippen MR) is 86.3 cm³/mol. The summed E-state index contributed by atoms with van der Waals surface area (Å²) in [6, 6.07) is 4.01. The first kappa shape index (κ1) is 18.0. The minimum atomic E-state index is -3.78. The molecule has 0 bridgehead atoms. The normalized spacial score (nSPS) is 12.3. The predicted octanol–water partition coefficient (Wildman–Crippen LogP) is 0.924. The van der Waals surface area contributed by atoms with Gasteiger partial charge in [0.25, 0.3) is 0 Å². The number of H-pyrrole nitrogens is 1. The minimum Gasteiger partial charge on any atom is -0.444 e. The fourth-order valence-corrected chi connectivity index (χ4v) is 2.90. The van der Waals surface area contributed by atoms with Crippen LogP contribution in [0.4, 0.5) is 4.79 Å². The molecule has 0 spiro atoms. The molecule has 1 aromatic carbocycles. The molecule has 0 saturated carbocycles. The van der Waals surface area contributed by atoms with Crippen molar-refractivity contribution in [2.45, 2.75) is 31.3 Å². The largest absolute Gasteiger partial charge is 0.444 e. The van der Waals surface area contributed by atoms with Crippen molar-refractivity contribution in [3.8, 4) is 0 Å². The molecule has 0 atom stereocenters. The number of fused-ring (bicyclic) bond motifs is 1.